The van der Waals surface area contributed by atoms with Crippen LogP contribution >= 0.6 is 0 Å². The van der Waals surface area contributed by atoms with E-state index in [0.29, 0.717) is 13.0 Å². The SMILES string of the molecule is Cn1cc(CC(C)(O)CNC(C)(C)C)cn1. The van der Waals surface area contributed by atoms with Gasteiger partial charge in [0.05, 0.1) is 11.8 Å². The Morgan fingerprint density at radius 3 is 2.44 bits per heavy atom. The third-order valence-electron chi connectivity index (χ3n) is 2.34. The lowest BCUT2D eigenvalue weighted by Gasteiger charge is -2.29. The van der Waals surface area contributed by atoms with Crippen LogP contribution in [0.1, 0.15) is 33.3 Å². The Balaban J connectivity index is 2.51. The van der Waals surface area contributed by atoms with Gasteiger partial charge in [0.15, 0.2) is 0 Å². The van der Waals surface area contributed by atoms with Gasteiger partial charge in [0.1, 0.15) is 0 Å². The minimum atomic E-state index is -0.740. The summed E-state index contributed by atoms with van der Waals surface area (Å²) in [7, 11) is 1.88. The number of rotatable bonds is 4. The Bertz CT molecular complexity index is 336. The van der Waals surface area contributed by atoms with Gasteiger partial charge in [0.2, 0.25) is 0 Å². The molecule has 0 aliphatic carbocycles. The highest BCUT2D eigenvalue weighted by Gasteiger charge is 2.23. The first-order chi connectivity index (χ1) is 7.18. The van der Waals surface area contributed by atoms with Crippen LogP contribution in [0.2, 0.25) is 0 Å². The molecular weight excluding hydrogens is 202 g/mol. The summed E-state index contributed by atoms with van der Waals surface area (Å²) in [6, 6.07) is 0. The molecule has 0 bridgehead atoms. The van der Waals surface area contributed by atoms with Crippen molar-refractivity contribution in [3.05, 3.63) is 18.0 Å². The number of β-amino-alcohol motifs (C(OH)–C–C–N with tert-alkyl or cyclic N) is 1. The molecule has 1 unspecified atom stereocenters. The van der Waals surface area contributed by atoms with Crippen LogP contribution in [0.4, 0.5) is 0 Å². The van der Waals surface area contributed by atoms with E-state index in [9.17, 15) is 5.11 Å². The van der Waals surface area contributed by atoms with Gasteiger partial charge in [0, 0.05) is 31.7 Å². The minimum absolute atomic E-state index is 0.0267. The van der Waals surface area contributed by atoms with Crippen LogP contribution < -0.4 is 5.32 Å². The zero-order valence-corrected chi connectivity index (χ0v) is 10.9. The summed E-state index contributed by atoms with van der Waals surface area (Å²) in [5.74, 6) is 0. The van der Waals surface area contributed by atoms with E-state index in [1.165, 1.54) is 0 Å². The number of hydrogen-bond acceptors (Lipinski definition) is 3. The molecule has 0 radical (unpaired) electrons. The molecule has 4 nitrogen and oxygen atoms in total. The number of aliphatic hydroxyl groups is 1. The molecule has 1 aromatic heterocycles. The third-order valence-corrected chi connectivity index (χ3v) is 2.34. The molecule has 0 spiro atoms. The zero-order valence-electron chi connectivity index (χ0n) is 10.9. The number of aryl methyl sites for hydroxylation is 1. The molecule has 0 aromatic carbocycles. The van der Waals surface area contributed by atoms with Gasteiger partial charge in [-0.25, -0.2) is 0 Å². The molecule has 0 amide bonds. The van der Waals surface area contributed by atoms with E-state index in [-0.39, 0.29) is 5.54 Å². The lowest BCUT2D eigenvalue weighted by atomic mass is 9.97. The standard InChI is InChI=1S/C12H23N3O/c1-11(2,3)13-9-12(4,16)6-10-7-14-15(5)8-10/h7-8,13,16H,6,9H2,1-5H3. The first-order valence-electron chi connectivity index (χ1n) is 5.63. The molecule has 0 fully saturated rings. The first-order valence-corrected chi connectivity index (χ1v) is 5.63. The van der Waals surface area contributed by atoms with Gasteiger partial charge in [-0.2, -0.15) is 5.10 Å². The van der Waals surface area contributed by atoms with E-state index in [2.05, 4.69) is 31.2 Å². The maximum atomic E-state index is 10.2. The monoisotopic (exact) mass is 225 g/mol. The molecule has 1 rings (SSSR count). The van der Waals surface area contributed by atoms with Gasteiger partial charge in [0.25, 0.3) is 0 Å². The van der Waals surface area contributed by atoms with Gasteiger partial charge >= 0.3 is 0 Å². The predicted molar refractivity (Wildman–Crippen MR) is 65.3 cm³/mol. The molecule has 1 aromatic rings. The van der Waals surface area contributed by atoms with Crippen molar-refractivity contribution >= 4 is 0 Å². The number of aromatic nitrogens is 2. The van der Waals surface area contributed by atoms with E-state index in [1.807, 2.05) is 20.2 Å². The smallest absolute Gasteiger partial charge is 0.0785 e. The summed E-state index contributed by atoms with van der Waals surface area (Å²) in [4.78, 5) is 0. The summed E-state index contributed by atoms with van der Waals surface area (Å²) < 4.78 is 1.75. The highest BCUT2D eigenvalue weighted by Crippen LogP contribution is 2.13. The van der Waals surface area contributed by atoms with Crippen molar-refractivity contribution < 1.29 is 5.11 Å². The quantitative estimate of drug-likeness (QED) is 0.807. The summed E-state index contributed by atoms with van der Waals surface area (Å²) >= 11 is 0. The molecule has 1 heterocycles. The third kappa shape index (κ3) is 4.77. The zero-order chi connectivity index (χ0) is 12.4. The average Bonchev–Trinajstić information content (AvgIpc) is 2.46. The highest BCUT2D eigenvalue weighted by molar-refractivity contribution is 5.08. The number of nitrogens with one attached hydrogen (secondary N) is 1. The second kappa shape index (κ2) is 4.55. The molecular formula is C12H23N3O. The molecule has 0 aliphatic rings. The summed E-state index contributed by atoms with van der Waals surface area (Å²) in [6.07, 6.45) is 4.35. The molecule has 0 saturated carbocycles. The van der Waals surface area contributed by atoms with E-state index in [1.54, 1.807) is 10.9 Å². The fraction of sp³-hybridized carbons (Fsp3) is 0.750. The van der Waals surface area contributed by atoms with Gasteiger partial charge in [-0.1, -0.05) is 0 Å². The van der Waals surface area contributed by atoms with Crippen LogP contribution in [-0.2, 0) is 13.5 Å². The van der Waals surface area contributed by atoms with E-state index in [4.69, 9.17) is 0 Å². The molecule has 0 saturated heterocycles. The van der Waals surface area contributed by atoms with Crippen molar-refractivity contribution in [2.24, 2.45) is 7.05 Å². The van der Waals surface area contributed by atoms with Crippen LogP contribution in [0.3, 0.4) is 0 Å². The molecule has 4 heteroatoms. The Kier molecular flexibility index (Phi) is 3.76. The van der Waals surface area contributed by atoms with E-state index < -0.39 is 5.60 Å². The molecule has 92 valence electrons. The molecule has 16 heavy (non-hydrogen) atoms. The normalized spacial score (nSPS) is 16.1. The number of nitrogens with zero attached hydrogens (tertiary/aromatic N) is 2. The average molecular weight is 225 g/mol. The highest BCUT2D eigenvalue weighted by atomic mass is 16.3. The second-order valence-electron chi connectivity index (χ2n) is 5.80. The van der Waals surface area contributed by atoms with Gasteiger partial charge in [-0.15, -0.1) is 0 Å². The van der Waals surface area contributed by atoms with Gasteiger partial charge < -0.3 is 10.4 Å². The Hall–Kier alpha value is -0.870. The Labute approximate surface area is 97.7 Å². The van der Waals surface area contributed by atoms with Crippen LogP contribution in [0.15, 0.2) is 12.4 Å². The Morgan fingerprint density at radius 1 is 1.38 bits per heavy atom. The largest absolute Gasteiger partial charge is 0.389 e. The molecule has 0 aliphatic heterocycles. The maximum Gasteiger partial charge on any atom is 0.0785 e. The van der Waals surface area contributed by atoms with Crippen LogP contribution in [0.25, 0.3) is 0 Å². The van der Waals surface area contributed by atoms with E-state index >= 15 is 0 Å². The van der Waals surface area contributed by atoms with Crippen molar-refractivity contribution in [3.8, 4) is 0 Å². The fourth-order valence-corrected chi connectivity index (χ4v) is 1.52. The van der Waals surface area contributed by atoms with Crippen LogP contribution in [0.5, 0.6) is 0 Å². The van der Waals surface area contributed by atoms with Crippen molar-refractivity contribution in [3.63, 3.8) is 0 Å². The van der Waals surface area contributed by atoms with Crippen molar-refractivity contribution in [1.82, 2.24) is 15.1 Å². The lowest BCUT2D eigenvalue weighted by Crippen LogP contribution is -2.47. The molecule has 1 atom stereocenters. The van der Waals surface area contributed by atoms with Crippen molar-refractivity contribution in [1.29, 1.82) is 0 Å². The number of hydrogen-bond donors (Lipinski definition) is 2. The predicted octanol–water partition coefficient (Wildman–Crippen LogP) is 1.10. The van der Waals surface area contributed by atoms with Gasteiger partial charge in [-0.3, -0.25) is 4.68 Å². The maximum absolute atomic E-state index is 10.2. The van der Waals surface area contributed by atoms with Crippen molar-refractivity contribution in [2.45, 2.75) is 45.3 Å². The van der Waals surface area contributed by atoms with Crippen molar-refractivity contribution in [2.75, 3.05) is 6.54 Å². The summed E-state index contributed by atoms with van der Waals surface area (Å²) in [6.45, 7) is 8.69. The minimum Gasteiger partial charge on any atom is -0.389 e. The van der Waals surface area contributed by atoms with E-state index in [0.717, 1.165) is 5.56 Å². The van der Waals surface area contributed by atoms with Gasteiger partial charge in [-0.05, 0) is 33.3 Å². The van der Waals surface area contributed by atoms with Crippen LogP contribution in [-0.4, -0.2) is 32.6 Å². The lowest BCUT2D eigenvalue weighted by molar-refractivity contribution is 0.0534. The summed E-state index contributed by atoms with van der Waals surface area (Å²) in [5, 5.41) is 17.6. The second-order valence-corrected chi connectivity index (χ2v) is 5.80. The fourth-order valence-electron chi connectivity index (χ4n) is 1.52. The summed E-state index contributed by atoms with van der Waals surface area (Å²) in [5.41, 5.74) is 0.345. The van der Waals surface area contributed by atoms with Crippen LogP contribution in [0, 0.1) is 0 Å². The Morgan fingerprint density at radius 2 is 2.00 bits per heavy atom. The topological polar surface area (TPSA) is 50.1 Å². The molecule has 2 N–H and O–H groups in total. The first kappa shape index (κ1) is 13.2.